The van der Waals surface area contributed by atoms with Crippen molar-refractivity contribution in [2.75, 3.05) is 0 Å². The van der Waals surface area contributed by atoms with Crippen molar-refractivity contribution in [1.29, 1.82) is 0 Å². The molecule has 102 valence electrons. The molecule has 0 saturated carbocycles. The Labute approximate surface area is 120 Å². The van der Waals surface area contributed by atoms with Crippen LogP contribution in [0, 0.1) is 5.82 Å². The molecule has 3 nitrogen and oxygen atoms in total. The van der Waals surface area contributed by atoms with Gasteiger partial charge in [-0.25, -0.2) is 17.5 Å². The minimum absolute atomic E-state index is 0.0309. The van der Waals surface area contributed by atoms with E-state index in [1.807, 2.05) is 0 Å². The quantitative estimate of drug-likeness (QED) is 0.936. The molecular formula is C12H11ClFNO2S2. The summed E-state index contributed by atoms with van der Waals surface area (Å²) in [6.07, 6.45) is 0. The monoisotopic (exact) mass is 319 g/mol. The average molecular weight is 320 g/mol. The molecule has 0 fully saturated rings. The number of thiophene rings is 1. The largest absolute Gasteiger partial charge is 0.241 e. The fraction of sp³-hybridized carbons (Fsp3) is 0.167. The predicted octanol–water partition coefficient (Wildman–Crippen LogP) is 3.58. The first-order valence-corrected chi connectivity index (χ1v) is 8.09. The van der Waals surface area contributed by atoms with E-state index in [0.717, 1.165) is 17.0 Å². The van der Waals surface area contributed by atoms with E-state index in [9.17, 15) is 12.8 Å². The molecule has 0 aliphatic carbocycles. The molecule has 0 unspecified atom stereocenters. The maximum absolute atomic E-state index is 12.8. The van der Waals surface area contributed by atoms with Gasteiger partial charge in [0.2, 0.25) is 10.0 Å². The molecule has 0 aliphatic heterocycles. The number of benzene rings is 1. The number of sulfonamides is 1. The number of rotatable bonds is 4. The fourth-order valence-electron chi connectivity index (χ4n) is 1.53. The number of hydrogen-bond acceptors (Lipinski definition) is 3. The highest BCUT2D eigenvalue weighted by molar-refractivity contribution is 7.89. The Morgan fingerprint density at radius 3 is 2.37 bits per heavy atom. The van der Waals surface area contributed by atoms with Gasteiger partial charge in [0.05, 0.1) is 15.3 Å². The molecule has 0 amide bonds. The Morgan fingerprint density at radius 2 is 1.84 bits per heavy atom. The van der Waals surface area contributed by atoms with Gasteiger partial charge in [-0.2, -0.15) is 0 Å². The lowest BCUT2D eigenvalue weighted by Gasteiger charge is -2.12. The summed E-state index contributed by atoms with van der Waals surface area (Å²) in [4.78, 5) is 0.846. The van der Waals surface area contributed by atoms with Gasteiger partial charge in [0.1, 0.15) is 5.82 Å². The Hall–Kier alpha value is -0.950. The lowest BCUT2D eigenvalue weighted by atomic mass is 10.3. The van der Waals surface area contributed by atoms with Crippen molar-refractivity contribution in [2.45, 2.75) is 17.9 Å². The Balaban J connectivity index is 2.19. The van der Waals surface area contributed by atoms with E-state index >= 15 is 0 Å². The second-order valence-electron chi connectivity index (χ2n) is 3.94. The fourth-order valence-corrected chi connectivity index (χ4v) is 3.89. The third kappa shape index (κ3) is 3.54. The summed E-state index contributed by atoms with van der Waals surface area (Å²) in [6, 6.07) is 7.77. The summed E-state index contributed by atoms with van der Waals surface area (Å²) in [7, 11) is -3.67. The van der Waals surface area contributed by atoms with Crippen molar-refractivity contribution in [3.05, 3.63) is 51.4 Å². The zero-order chi connectivity index (χ0) is 14.0. The molecule has 19 heavy (non-hydrogen) atoms. The molecule has 7 heteroatoms. The van der Waals surface area contributed by atoms with Gasteiger partial charge >= 0.3 is 0 Å². The Morgan fingerprint density at radius 1 is 1.21 bits per heavy atom. The standard InChI is InChI=1S/C12H11ClFNO2S2/c1-8(11-6-7-12(13)18-11)15-19(16,17)10-4-2-9(14)3-5-10/h2-8,15H,1H3/t8-/m0/s1. The number of hydrogen-bond donors (Lipinski definition) is 1. The molecule has 0 radical (unpaired) electrons. The van der Waals surface area contributed by atoms with Crippen molar-refractivity contribution >= 4 is 33.0 Å². The van der Waals surface area contributed by atoms with Crippen LogP contribution < -0.4 is 4.72 Å². The summed E-state index contributed by atoms with van der Waals surface area (Å²) >= 11 is 7.12. The first kappa shape index (κ1) is 14.5. The van der Waals surface area contributed by atoms with Gasteiger partial charge < -0.3 is 0 Å². The smallest absolute Gasteiger partial charge is 0.207 e. The maximum Gasteiger partial charge on any atom is 0.241 e. The molecule has 0 bridgehead atoms. The minimum Gasteiger partial charge on any atom is -0.207 e. The Kier molecular flexibility index (Phi) is 4.25. The van der Waals surface area contributed by atoms with Crippen molar-refractivity contribution in [3.8, 4) is 0 Å². The first-order chi connectivity index (χ1) is 8.88. The van der Waals surface area contributed by atoms with Crippen molar-refractivity contribution in [3.63, 3.8) is 0 Å². The van der Waals surface area contributed by atoms with Crippen molar-refractivity contribution in [2.24, 2.45) is 0 Å². The molecule has 0 aliphatic rings. The van der Waals surface area contributed by atoms with Crippen molar-refractivity contribution < 1.29 is 12.8 Å². The molecule has 1 heterocycles. The van der Waals surface area contributed by atoms with Gasteiger partial charge in [0.25, 0.3) is 0 Å². The van der Waals surface area contributed by atoms with Gasteiger partial charge in [0.15, 0.2) is 0 Å². The third-order valence-corrected chi connectivity index (χ3v) is 5.45. The Bertz CT molecular complexity index is 667. The summed E-state index contributed by atoms with van der Waals surface area (Å²) in [5.41, 5.74) is 0. The molecular weight excluding hydrogens is 309 g/mol. The van der Waals surface area contributed by atoms with E-state index in [2.05, 4.69) is 4.72 Å². The van der Waals surface area contributed by atoms with Crippen molar-refractivity contribution in [1.82, 2.24) is 4.72 Å². The highest BCUT2D eigenvalue weighted by atomic mass is 35.5. The minimum atomic E-state index is -3.67. The highest BCUT2D eigenvalue weighted by Gasteiger charge is 2.19. The predicted molar refractivity (Wildman–Crippen MR) is 74.5 cm³/mol. The molecule has 1 atom stereocenters. The lowest BCUT2D eigenvalue weighted by Crippen LogP contribution is -2.26. The van der Waals surface area contributed by atoms with Gasteiger partial charge in [-0.1, -0.05) is 11.6 Å². The molecule has 1 aromatic heterocycles. The van der Waals surface area contributed by atoms with Gasteiger partial charge in [-0.05, 0) is 43.3 Å². The first-order valence-electron chi connectivity index (χ1n) is 5.41. The van der Waals surface area contributed by atoms with E-state index < -0.39 is 21.9 Å². The van der Waals surface area contributed by atoms with E-state index in [4.69, 9.17) is 11.6 Å². The molecule has 2 rings (SSSR count). The van der Waals surface area contributed by atoms with Gasteiger partial charge in [-0.15, -0.1) is 11.3 Å². The van der Waals surface area contributed by atoms with Crippen LogP contribution in [0.15, 0.2) is 41.3 Å². The van der Waals surface area contributed by atoms with E-state index in [-0.39, 0.29) is 4.90 Å². The van der Waals surface area contributed by atoms with Crippen LogP contribution in [-0.2, 0) is 10.0 Å². The van der Waals surface area contributed by atoms with Gasteiger partial charge in [-0.3, -0.25) is 0 Å². The second-order valence-corrected chi connectivity index (χ2v) is 7.40. The molecule has 1 aromatic carbocycles. The van der Waals surface area contributed by atoms with E-state index in [1.54, 1.807) is 19.1 Å². The number of nitrogens with one attached hydrogen (secondary N) is 1. The normalized spacial score (nSPS) is 13.4. The zero-order valence-electron chi connectivity index (χ0n) is 9.93. The summed E-state index contributed by atoms with van der Waals surface area (Å²) < 4.78 is 40.0. The number of halogens is 2. The lowest BCUT2D eigenvalue weighted by molar-refractivity contribution is 0.568. The summed E-state index contributed by atoms with van der Waals surface area (Å²) in [6.45, 7) is 1.73. The molecule has 0 saturated heterocycles. The van der Waals surface area contributed by atoms with Crippen LogP contribution in [0.1, 0.15) is 17.8 Å². The topological polar surface area (TPSA) is 46.2 Å². The highest BCUT2D eigenvalue weighted by Crippen LogP contribution is 2.27. The van der Waals surface area contributed by atoms with Gasteiger partial charge in [0, 0.05) is 4.88 Å². The summed E-state index contributed by atoms with van der Waals surface area (Å²) in [5.74, 6) is -0.475. The van der Waals surface area contributed by atoms with Crippen LogP contribution in [-0.4, -0.2) is 8.42 Å². The molecule has 0 spiro atoms. The van der Waals surface area contributed by atoms with Crippen LogP contribution in [0.3, 0.4) is 0 Å². The van der Waals surface area contributed by atoms with Crippen LogP contribution >= 0.6 is 22.9 Å². The van der Waals surface area contributed by atoms with Crippen LogP contribution in [0.4, 0.5) is 4.39 Å². The third-order valence-electron chi connectivity index (χ3n) is 2.48. The second kappa shape index (κ2) is 5.58. The van der Waals surface area contributed by atoms with Crippen LogP contribution in [0.2, 0.25) is 4.34 Å². The van der Waals surface area contributed by atoms with E-state index in [1.165, 1.54) is 23.5 Å². The van der Waals surface area contributed by atoms with Crippen LogP contribution in [0.5, 0.6) is 0 Å². The van der Waals surface area contributed by atoms with Crippen LogP contribution in [0.25, 0.3) is 0 Å². The maximum atomic E-state index is 12.8. The van der Waals surface area contributed by atoms with E-state index in [0.29, 0.717) is 4.34 Å². The zero-order valence-corrected chi connectivity index (χ0v) is 12.3. The molecule has 2 aromatic rings. The average Bonchev–Trinajstić information content (AvgIpc) is 2.76. The summed E-state index contributed by atoms with van der Waals surface area (Å²) in [5, 5.41) is 0. The SMILES string of the molecule is C[C@H](NS(=O)(=O)c1ccc(F)cc1)c1ccc(Cl)s1. The molecule has 1 N–H and O–H groups in total.